The maximum Gasteiger partial charge on any atom is 0.352 e. The molecule has 0 aliphatic carbocycles. The molecule has 3 aromatic heterocycles. The quantitative estimate of drug-likeness (QED) is 0.100. The van der Waals surface area contributed by atoms with Gasteiger partial charge in [0.25, 0.3) is 11.8 Å². The maximum absolute atomic E-state index is 13.2. The number of carboxylic acid groups (broad SMARTS) is 1. The number of nitrogen functional groups attached to an aromatic ring is 2. The largest absolute Gasteiger partial charge is 0.477 e. The van der Waals surface area contributed by atoms with Crippen LogP contribution in [0.5, 0.6) is 0 Å². The second kappa shape index (κ2) is 11.2. The lowest BCUT2D eigenvalue weighted by Gasteiger charge is -2.49. The third-order valence-corrected chi connectivity index (χ3v) is 9.24. The Morgan fingerprint density at radius 1 is 1.28 bits per heavy atom. The zero-order valence-corrected chi connectivity index (χ0v) is 23.1. The van der Waals surface area contributed by atoms with E-state index in [1.807, 2.05) is 0 Å². The van der Waals surface area contributed by atoms with Crippen LogP contribution in [0.4, 0.5) is 10.3 Å². The first-order chi connectivity index (χ1) is 18.7. The first-order valence-electron chi connectivity index (χ1n) is 10.9. The lowest BCUT2D eigenvalue weighted by Crippen LogP contribution is -2.71. The SMILES string of the molecule is Cn1nnnc1SCC1=C(C(=O)O)N2C(=O)C(NC(=O)C(=NOCc3csc(N)n3)c3csc(N)n3)[C@@H]2SC1. The van der Waals surface area contributed by atoms with Gasteiger partial charge in [-0.3, -0.25) is 14.5 Å². The van der Waals surface area contributed by atoms with Crippen molar-refractivity contribution in [2.75, 3.05) is 23.0 Å². The number of amides is 2. The van der Waals surface area contributed by atoms with Crippen molar-refractivity contribution in [3.63, 3.8) is 0 Å². The molecular formula is C19H19N11O5S4. The van der Waals surface area contributed by atoms with E-state index in [-0.39, 0.29) is 34.6 Å². The number of thiazole rings is 2. The van der Waals surface area contributed by atoms with E-state index in [0.29, 0.717) is 27.3 Å². The number of aryl methyl sites for hydroxylation is 1. The Morgan fingerprint density at radius 2 is 2.05 bits per heavy atom. The number of anilines is 2. The normalized spacial score (nSPS) is 19.1. The number of nitrogens with zero attached hydrogens (tertiary/aromatic N) is 8. The van der Waals surface area contributed by atoms with Gasteiger partial charge in [-0.25, -0.2) is 19.4 Å². The number of β-lactam (4-membered cyclic amide) rings is 1. The van der Waals surface area contributed by atoms with Gasteiger partial charge in [-0.2, -0.15) is 0 Å². The summed E-state index contributed by atoms with van der Waals surface area (Å²) < 4.78 is 1.47. The van der Waals surface area contributed by atoms with Gasteiger partial charge in [0.2, 0.25) is 5.16 Å². The highest BCUT2D eigenvalue weighted by molar-refractivity contribution is 8.01. The first-order valence-corrected chi connectivity index (χ1v) is 14.7. The molecule has 5 rings (SSSR count). The van der Waals surface area contributed by atoms with Crippen molar-refractivity contribution in [2.45, 2.75) is 23.2 Å². The van der Waals surface area contributed by atoms with E-state index >= 15 is 0 Å². The van der Waals surface area contributed by atoms with Crippen molar-refractivity contribution in [1.82, 2.24) is 40.4 Å². The number of aliphatic carboxylic acids is 1. The molecule has 20 heteroatoms. The van der Waals surface area contributed by atoms with Gasteiger partial charge in [-0.05, 0) is 16.0 Å². The van der Waals surface area contributed by atoms with Crippen molar-refractivity contribution >= 4 is 80.0 Å². The number of aromatic nitrogens is 6. The van der Waals surface area contributed by atoms with E-state index in [0.717, 1.165) is 11.3 Å². The van der Waals surface area contributed by atoms with Crippen molar-refractivity contribution in [1.29, 1.82) is 0 Å². The molecule has 2 amide bonds. The van der Waals surface area contributed by atoms with Crippen molar-refractivity contribution in [2.24, 2.45) is 12.2 Å². The maximum atomic E-state index is 13.2. The molecule has 6 N–H and O–H groups in total. The van der Waals surface area contributed by atoms with Crippen LogP contribution in [0, 0.1) is 0 Å². The van der Waals surface area contributed by atoms with Crippen LogP contribution in [-0.4, -0.2) is 86.6 Å². The average molecular weight is 610 g/mol. The monoisotopic (exact) mass is 609 g/mol. The van der Waals surface area contributed by atoms with Gasteiger partial charge in [0.1, 0.15) is 22.8 Å². The second-order valence-electron chi connectivity index (χ2n) is 7.95. The Morgan fingerprint density at radius 3 is 2.69 bits per heavy atom. The Bertz CT molecular complexity index is 1500. The summed E-state index contributed by atoms with van der Waals surface area (Å²) in [5, 5.41) is 31.3. The van der Waals surface area contributed by atoms with Gasteiger partial charge in [0.15, 0.2) is 22.6 Å². The zero-order valence-electron chi connectivity index (χ0n) is 19.9. The molecule has 0 radical (unpaired) electrons. The van der Waals surface area contributed by atoms with E-state index < -0.39 is 29.2 Å². The molecule has 1 saturated heterocycles. The van der Waals surface area contributed by atoms with Crippen LogP contribution in [0.3, 0.4) is 0 Å². The summed E-state index contributed by atoms with van der Waals surface area (Å²) in [4.78, 5) is 53.1. The molecule has 0 bridgehead atoms. The summed E-state index contributed by atoms with van der Waals surface area (Å²) in [5.41, 5.74) is 12.3. The summed E-state index contributed by atoms with van der Waals surface area (Å²) in [6.07, 6.45) is 0. The minimum Gasteiger partial charge on any atom is -0.477 e. The third kappa shape index (κ3) is 5.53. The Hall–Kier alpha value is -3.75. The molecule has 0 saturated carbocycles. The van der Waals surface area contributed by atoms with Crippen molar-refractivity contribution in [3.05, 3.63) is 33.4 Å². The van der Waals surface area contributed by atoms with Crippen LogP contribution in [0.15, 0.2) is 32.3 Å². The van der Waals surface area contributed by atoms with E-state index in [4.69, 9.17) is 16.3 Å². The van der Waals surface area contributed by atoms with Gasteiger partial charge in [-0.15, -0.1) is 39.5 Å². The summed E-state index contributed by atoms with van der Waals surface area (Å²) in [6.45, 7) is -0.0450. The fourth-order valence-corrected chi connectivity index (χ4v) is 7.08. The molecule has 3 aromatic rings. The number of rotatable bonds is 10. The molecule has 1 fully saturated rings. The number of nitrogens with one attached hydrogen (secondary N) is 1. The molecule has 2 aliphatic heterocycles. The predicted molar refractivity (Wildman–Crippen MR) is 144 cm³/mol. The van der Waals surface area contributed by atoms with Crippen LogP contribution >= 0.6 is 46.2 Å². The third-order valence-electron chi connectivity index (χ3n) is 5.41. The number of carbonyl (C=O) groups excluding carboxylic acids is 2. The van der Waals surface area contributed by atoms with Crippen LogP contribution in [0.1, 0.15) is 11.4 Å². The zero-order chi connectivity index (χ0) is 27.7. The fraction of sp³-hybridized carbons (Fsp3) is 0.316. The predicted octanol–water partition coefficient (Wildman–Crippen LogP) is -0.261. The second-order valence-corrected chi connectivity index (χ2v) is 11.8. The molecule has 16 nitrogen and oxygen atoms in total. The molecule has 0 spiro atoms. The molecule has 0 aromatic carbocycles. The average Bonchev–Trinajstić information content (AvgIpc) is 3.64. The number of hydrogen-bond acceptors (Lipinski definition) is 16. The highest BCUT2D eigenvalue weighted by Gasteiger charge is 2.54. The summed E-state index contributed by atoms with van der Waals surface area (Å²) in [6, 6.07) is -0.978. The number of hydrogen-bond donors (Lipinski definition) is 4. The summed E-state index contributed by atoms with van der Waals surface area (Å²) >= 11 is 4.94. The number of thioether (sulfide) groups is 2. The smallest absolute Gasteiger partial charge is 0.352 e. The number of tetrazole rings is 1. The first kappa shape index (κ1) is 26.8. The van der Waals surface area contributed by atoms with Gasteiger partial charge in [-0.1, -0.05) is 16.9 Å². The fourth-order valence-electron chi connectivity index (χ4n) is 3.65. The van der Waals surface area contributed by atoms with Gasteiger partial charge >= 0.3 is 5.97 Å². The van der Waals surface area contributed by atoms with E-state index in [9.17, 15) is 19.5 Å². The Kier molecular flexibility index (Phi) is 7.68. The molecule has 204 valence electrons. The lowest BCUT2D eigenvalue weighted by molar-refractivity contribution is -0.150. The summed E-state index contributed by atoms with van der Waals surface area (Å²) in [7, 11) is 1.67. The molecule has 1 unspecified atom stereocenters. The lowest BCUT2D eigenvalue weighted by atomic mass is 10.0. The standard InChI is InChI=1S/C19H19N11O5S4/c1-29-19(25-27-28-29)39-4-7-3-36-15-11(14(32)30(15)12(7)16(33)34)24-13(31)10(9-6-38-18(21)23-9)26-35-2-8-5-37-17(20)22-8/h5-6,11,15H,2-4H2,1H3,(H2,20,22)(H2,21,23)(H,24,31)(H,33,34)/t11?,15-/m0/s1. The Labute approximate surface area is 235 Å². The molecular weight excluding hydrogens is 591 g/mol. The highest BCUT2D eigenvalue weighted by Crippen LogP contribution is 2.41. The minimum atomic E-state index is -1.23. The highest BCUT2D eigenvalue weighted by atomic mass is 32.2. The molecule has 2 aliphatic rings. The summed E-state index contributed by atoms with van der Waals surface area (Å²) in [5.74, 6) is -1.91. The number of carbonyl (C=O) groups is 3. The minimum absolute atomic E-state index is 0.0450. The van der Waals surface area contributed by atoms with Crippen LogP contribution in [0.2, 0.25) is 0 Å². The van der Waals surface area contributed by atoms with Crippen LogP contribution in [-0.2, 0) is 32.9 Å². The number of oxime groups is 1. The topological polar surface area (TPSA) is 230 Å². The van der Waals surface area contributed by atoms with E-state index in [1.54, 1.807) is 12.4 Å². The van der Waals surface area contributed by atoms with Gasteiger partial charge in [0.05, 0.1) is 5.69 Å². The molecule has 39 heavy (non-hydrogen) atoms. The van der Waals surface area contributed by atoms with Crippen LogP contribution < -0.4 is 16.8 Å². The molecule has 2 atom stereocenters. The van der Waals surface area contributed by atoms with Crippen LogP contribution in [0.25, 0.3) is 0 Å². The van der Waals surface area contributed by atoms with Gasteiger partial charge < -0.3 is 26.7 Å². The number of fused-ring (bicyclic) bond motifs is 1. The van der Waals surface area contributed by atoms with Crippen molar-refractivity contribution in [3.8, 4) is 0 Å². The number of nitrogens with two attached hydrogens (primary N) is 2. The Balaban J connectivity index is 1.30. The van der Waals surface area contributed by atoms with Crippen molar-refractivity contribution < 1.29 is 24.3 Å². The van der Waals surface area contributed by atoms with Gasteiger partial charge in [0, 0.05) is 29.3 Å². The molecule has 5 heterocycles. The van der Waals surface area contributed by atoms with E-state index in [1.165, 1.54) is 49.8 Å². The number of carboxylic acids is 1. The van der Waals surface area contributed by atoms with E-state index in [2.05, 4.69) is 36.0 Å².